The van der Waals surface area contributed by atoms with Gasteiger partial charge in [-0.05, 0) is 40.6 Å². The second-order valence-corrected chi connectivity index (χ2v) is 7.87. The number of nitrogens with zero attached hydrogens (tertiary/aromatic N) is 1. The summed E-state index contributed by atoms with van der Waals surface area (Å²) in [6.07, 6.45) is 1.79. The number of carbonyl (C=O) groups is 4. The van der Waals surface area contributed by atoms with E-state index in [0.717, 1.165) is 16.3 Å². The number of ether oxygens (including phenoxy) is 1. The Balaban J connectivity index is 1.38. The van der Waals surface area contributed by atoms with Crippen LogP contribution < -0.4 is 10.6 Å². The Labute approximate surface area is 201 Å². The van der Waals surface area contributed by atoms with Gasteiger partial charge >= 0.3 is 5.97 Å². The van der Waals surface area contributed by atoms with Crippen LogP contribution in [0.3, 0.4) is 0 Å². The molecule has 0 aliphatic rings. The van der Waals surface area contributed by atoms with Gasteiger partial charge in [0, 0.05) is 13.2 Å². The number of aromatic nitrogens is 1. The molecule has 0 unspecified atom stereocenters. The highest BCUT2D eigenvalue weighted by Gasteiger charge is 2.18. The van der Waals surface area contributed by atoms with Crippen LogP contribution in [-0.4, -0.2) is 34.9 Å². The molecule has 1 heterocycles. The molecule has 0 spiro atoms. The predicted molar refractivity (Wildman–Crippen MR) is 131 cm³/mol. The second kappa shape index (κ2) is 10.5. The van der Waals surface area contributed by atoms with E-state index in [-0.39, 0.29) is 23.6 Å². The molecule has 4 rings (SSSR count). The van der Waals surface area contributed by atoms with E-state index in [1.807, 2.05) is 42.5 Å². The number of hydrogen-bond donors (Lipinski definition) is 2. The van der Waals surface area contributed by atoms with Gasteiger partial charge in [0.05, 0.1) is 17.7 Å². The first-order valence-electron chi connectivity index (χ1n) is 10.9. The second-order valence-electron chi connectivity index (χ2n) is 7.87. The third-order valence-corrected chi connectivity index (χ3v) is 5.42. The third-order valence-electron chi connectivity index (χ3n) is 5.42. The van der Waals surface area contributed by atoms with E-state index in [9.17, 15) is 19.2 Å². The number of benzene rings is 3. The van der Waals surface area contributed by atoms with E-state index in [1.165, 1.54) is 6.07 Å². The fourth-order valence-electron chi connectivity index (χ4n) is 3.72. The number of para-hydroxylation sites is 1. The molecule has 0 aliphatic heterocycles. The summed E-state index contributed by atoms with van der Waals surface area (Å²) in [4.78, 5) is 49.6. The third kappa shape index (κ3) is 5.62. The average Bonchev–Trinajstić information content (AvgIpc) is 3.29. The number of imide groups is 1. The molecule has 0 radical (unpaired) electrons. The molecule has 4 aromatic rings. The Hall–Kier alpha value is -4.72. The van der Waals surface area contributed by atoms with Crippen molar-refractivity contribution in [3.63, 3.8) is 0 Å². The van der Waals surface area contributed by atoms with Gasteiger partial charge in [0.25, 0.3) is 11.8 Å². The summed E-state index contributed by atoms with van der Waals surface area (Å²) in [6, 6.07) is 23.1. The highest BCUT2D eigenvalue weighted by atomic mass is 16.5. The van der Waals surface area contributed by atoms with Crippen molar-refractivity contribution in [2.24, 2.45) is 7.05 Å². The normalized spacial score (nSPS) is 10.5. The zero-order valence-electron chi connectivity index (χ0n) is 19.0. The zero-order valence-corrected chi connectivity index (χ0v) is 19.0. The molecule has 8 nitrogen and oxygen atoms in total. The SMILES string of the molecule is Cn1cccc1C(=O)NC(=O)COC(=O)c1ccccc1NC(=O)Cc1cccc2ccccc12. The Kier molecular flexibility index (Phi) is 7.02. The Bertz CT molecular complexity index is 1420. The van der Waals surface area contributed by atoms with E-state index in [0.29, 0.717) is 5.69 Å². The Morgan fingerprint density at radius 2 is 1.57 bits per heavy atom. The first kappa shape index (κ1) is 23.4. The fraction of sp³-hybridized carbons (Fsp3) is 0.111. The van der Waals surface area contributed by atoms with Gasteiger partial charge in [0.2, 0.25) is 5.91 Å². The number of carbonyl (C=O) groups excluding carboxylic acids is 4. The molecule has 0 atom stereocenters. The number of rotatable bonds is 7. The molecule has 0 fully saturated rings. The van der Waals surface area contributed by atoms with E-state index < -0.39 is 24.4 Å². The van der Waals surface area contributed by atoms with Gasteiger partial charge in [-0.15, -0.1) is 0 Å². The average molecular weight is 469 g/mol. The molecule has 0 saturated heterocycles. The van der Waals surface area contributed by atoms with Gasteiger partial charge in [-0.2, -0.15) is 0 Å². The van der Waals surface area contributed by atoms with E-state index in [2.05, 4.69) is 10.6 Å². The van der Waals surface area contributed by atoms with Crippen LogP contribution in [0, 0.1) is 0 Å². The van der Waals surface area contributed by atoms with Crippen LogP contribution >= 0.6 is 0 Å². The molecule has 0 bridgehead atoms. The standard InChI is InChI=1S/C27H23N3O5/c1-30-15-7-14-23(30)26(33)29-25(32)17-35-27(34)21-12-4-5-13-22(21)28-24(31)16-19-10-6-9-18-8-2-3-11-20(18)19/h2-15H,16-17H2,1H3,(H,28,31)(H,29,32,33). The van der Waals surface area contributed by atoms with Crippen molar-refractivity contribution in [3.05, 3.63) is 102 Å². The van der Waals surface area contributed by atoms with Crippen molar-refractivity contribution in [3.8, 4) is 0 Å². The minimum Gasteiger partial charge on any atom is -0.452 e. The Morgan fingerprint density at radius 1 is 0.829 bits per heavy atom. The monoisotopic (exact) mass is 469 g/mol. The predicted octanol–water partition coefficient (Wildman–Crippen LogP) is 3.47. The van der Waals surface area contributed by atoms with Crippen LogP contribution in [0.1, 0.15) is 26.4 Å². The summed E-state index contributed by atoms with van der Waals surface area (Å²) in [6.45, 7) is -0.646. The van der Waals surface area contributed by atoms with Crippen molar-refractivity contribution in [2.45, 2.75) is 6.42 Å². The summed E-state index contributed by atoms with van der Waals surface area (Å²) >= 11 is 0. The van der Waals surface area contributed by atoms with Crippen molar-refractivity contribution in [2.75, 3.05) is 11.9 Å². The number of aryl methyl sites for hydroxylation is 1. The topological polar surface area (TPSA) is 106 Å². The lowest BCUT2D eigenvalue weighted by Gasteiger charge is -2.12. The lowest BCUT2D eigenvalue weighted by molar-refractivity contribution is -0.123. The summed E-state index contributed by atoms with van der Waals surface area (Å²) in [5.74, 6) is -2.46. The zero-order chi connectivity index (χ0) is 24.8. The first-order valence-corrected chi connectivity index (χ1v) is 10.9. The molecule has 0 saturated carbocycles. The van der Waals surface area contributed by atoms with Crippen molar-refractivity contribution < 1.29 is 23.9 Å². The fourth-order valence-corrected chi connectivity index (χ4v) is 3.72. The molecule has 3 aromatic carbocycles. The van der Waals surface area contributed by atoms with Gasteiger partial charge in [-0.25, -0.2) is 4.79 Å². The van der Waals surface area contributed by atoms with Crippen LogP contribution in [0.15, 0.2) is 85.1 Å². The van der Waals surface area contributed by atoms with E-state index >= 15 is 0 Å². The highest BCUT2D eigenvalue weighted by molar-refractivity contribution is 6.06. The summed E-state index contributed by atoms with van der Waals surface area (Å²) in [5, 5.41) is 6.94. The van der Waals surface area contributed by atoms with Gasteiger partial charge in [0.1, 0.15) is 5.69 Å². The molecule has 1 aromatic heterocycles. The van der Waals surface area contributed by atoms with E-state index in [1.54, 1.807) is 48.1 Å². The summed E-state index contributed by atoms with van der Waals surface area (Å²) in [5.41, 5.74) is 1.52. The number of hydrogen-bond acceptors (Lipinski definition) is 5. The van der Waals surface area contributed by atoms with Crippen LogP contribution in [0.4, 0.5) is 5.69 Å². The molecule has 35 heavy (non-hydrogen) atoms. The smallest absolute Gasteiger partial charge is 0.340 e. The largest absolute Gasteiger partial charge is 0.452 e. The summed E-state index contributed by atoms with van der Waals surface area (Å²) in [7, 11) is 1.67. The maximum Gasteiger partial charge on any atom is 0.340 e. The van der Waals surface area contributed by atoms with Gasteiger partial charge in [-0.1, -0.05) is 54.6 Å². The van der Waals surface area contributed by atoms with E-state index in [4.69, 9.17) is 4.74 Å². The molecule has 0 aliphatic carbocycles. The minimum atomic E-state index is -0.799. The molecule has 2 N–H and O–H groups in total. The molecular weight excluding hydrogens is 446 g/mol. The van der Waals surface area contributed by atoms with Crippen molar-refractivity contribution in [1.82, 2.24) is 9.88 Å². The number of esters is 1. The lowest BCUT2D eigenvalue weighted by atomic mass is 10.0. The number of anilines is 1. The van der Waals surface area contributed by atoms with Crippen LogP contribution in [0.25, 0.3) is 10.8 Å². The molecule has 8 heteroatoms. The summed E-state index contributed by atoms with van der Waals surface area (Å²) < 4.78 is 6.64. The molecular formula is C27H23N3O5. The molecule has 176 valence electrons. The quantitative estimate of drug-likeness (QED) is 0.403. The van der Waals surface area contributed by atoms with Crippen molar-refractivity contribution in [1.29, 1.82) is 0 Å². The van der Waals surface area contributed by atoms with Crippen LogP contribution in [0.2, 0.25) is 0 Å². The number of fused-ring (bicyclic) bond motifs is 1. The van der Waals surface area contributed by atoms with Gasteiger partial charge in [0.15, 0.2) is 6.61 Å². The first-order chi connectivity index (χ1) is 16.9. The number of amides is 3. The molecule has 3 amide bonds. The highest BCUT2D eigenvalue weighted by Crippen LogP contribution is 2.21. The maximum atomic E-state index is 12.8. The Morgan fingerprint density at radius 3 is 2.37 bits per heavy atom. The lowest BCUT2D eigenvalue weighted by Crippen LogP contribution is -2.35. The van der Waals surface area contributed by atoms with Gasteiger partial charge < -0.3 is 14.6 Å². The van der Waals surface area contributed by atoms with Crippen molar-refractivity contribution >= 4 is 40.2 Å². The maximum absolute atomic E-state index is 12.8. The number of nitrogens with one attached hydrogen (secondary N) is 2. The minimum absolute atomic E-state index is 0.0975. The van der Waals surface area contributed by atoms with Crippen LogP contribution in [-0.2, 0) is 27.8 Å². The van der Waals surface area contributed by atoms with Gasteiger partial charge in [-0.3, -0.25) is 19.7 Å². The van der Waals surface area contributed by atoms with Crippen LogP contribution in [0.5, 0.6) is 0 Å².